The van der Waals surface area contributed by atoms with Crippen molar-refractivity contribution < 1.29 is 23.8 Å². The molecule has 0 spiro atoms. The van der Waals surface area contributed by atoms with Gasteiger partial charge >= 0.3 is 12.1 Å². The van der Waals surface area contributed by atoms with Gasteiger partial charge in [-0.05, 0) is 45.4 Å². The lowest BCUT2D eigenvalue weighted by Crippen LogP contribution is -2.45. The number of hydrogen-bond donors (Lipinski definition) is 1. The van der Waals surface area contributed by atoms with Crippen LogP contribution in [0, 0.1) is 0 Å². The van der Waals surface area contributed by atoms with E-state index >= 15 is 0 Å². The molecule has 0 aliphatic heterocycles. The third-order valence-electron chi connectivity index (χ3n) is 2.92. The van der Waals surface area contributed by atoms with Crippen molar-refractivity contribution in [2.45, 2.75) is 45.8 Å². The summed E-state index contributed by atoms with van der Waals surface area (Å²) in [6.07, 6.45) is -0.456. The standard InChI is InChI=1S/C17H24ClNO5/c1-6-23-15(20)13(19-16(21)24-17(2,3)4)10-11-7-8-14(22-5)12(18)9-11/h7-9,13H,6,10H2,1-5H3,(H,19,21). The van der Waals surface area contributed by atoms with E-state index in [0.29, 0.717) is 10.8 Å². The van der Waals surface area contributed by atoms with Crippen LogP contribution in [-0.4, -0.2) is 37.4 Å². The number of rotatable bonds is 6. The molecule has 1 aromatic carbocycles. The third-order valence-corrected chi connectivity index (χ3v) is 3.21. The van der Waals surface area contributed by atoms with E-state index in [4.69, 9.17) is 25.8 Å². The number of amides is 1. The van der Waals surface area contributed by atoms with Crippen LogP contribution in [0.25, 0.3) is 0 Å². The zero-order chi connectivity index (χ0) is 18.3. The Morgan fingerprint density at radius 2 is 1.96 bits per heavy atom. The highest BCUT2D eigenvalue weighted by Gasteiger charge is 2.26. The summed E-state index contributed by atoms with van der Waals surface area (Å²) in [5.74, 6) is 0.00324. The minimum absolute atomic E-state index is 0.217. The van der Waals surface area contributed by atoms with E-state index in [1.54, 1.807) is 45.9 Å². The molecule has 0 heterocycles. The van der Waals surface area contributed by atoms with E-state index in [9.17, 15) is 9.59 Å². The van der Waals surface area contributed by atoms with Crippen LogP contribution in [0.4, 0.5) is 4.79 Å². The Morgan fingerprint density at radius 3 is 2.46 bits per heavy atom. The Labute approximate surface area is 147 Å². The van der Waals surface area contributed by atoms with Crippen molar-refractivity contribution in [3.8, 4) is 5.75 Å². The van der Waals surface area contributed by atoms with Gasteiger partial charge in [0.2, 0.25) is 0 Å². The van der Waals surface area contributed by atoms with E-state index in [0.717, 1.165) is 5.56 Å². The van der Waals surface area contributed by atoms with Gasteiger partial charge in [0.1, 0.15) is 17.4 Å². The van der Waals surface area contributed by atoms with Crippen molar-refractivity contribution in [3.05, 3.63) is 28.8 Å². The quantitative estimate of drug-likeness (QED) is 0.790. The number of halogens is 1. The largest absolute Gasteiger partial charge is 0.495 e. The Hall–Kier alpha value is -1.95. The summed E-state index contributed by atoms with van der Waals surface area (Å²) in [5.41, 5.74) is 0.0992. The van der Waals surface area contributed by atoms with Crippen LogP contribution in [0.3, 0.4) is 0 Å². The highest BCUT2D eigenvalue weighted by molar-refractivity contribution is 6.32. The molecule has 0 aliphatic carbocycles. The first-order valence-corrected chi connectivity index (χ1v) is 8.02. The van der Waals surface area contributed by atoms with E-state index in [1.807, 2.05) is 0 Å². The van der Waals surface area contributed by atoms with Crippen LogP contribution >= 0.6 is 11.6 Å². The second kappa shape index (κ2) is 8.78. The summed E-state index contributed by atoms with van der Waals surface area (Å²) in [5, 5.41) is 2.97. The van der Waals surface area contributed by atoms with Gasteiger partial charge in [-0.1, -0.05) is 17.7 Å². The Balaban J connectivity index is 2.88. The summed E-state index contributed by atoms with van der Waals surface area (Å²) in [6, 6.07) is 4.29. The average molecular weight is 358 g/mol. The number of carbonyl (C=O) groups excluding carboxylic acids is 2. The molecule has 6 nitrogen and oxygen atoms in total. The maximum absolute atomic E-state index is 12.1. The monoisotopic (exact) mass is 357 g/mol. The minimum atomic E-state index is -0.871. The minimum Gasteiger partial charge on any atom is -0.495 e. The predicted molar refractivity (Wildman–Crippen MR) is 91.5 cm³/mol. The molecule has 1 rings (SSSR count). The second-order valence-corrected chi connectivity index (χ2v) is 6.53. The van der Waals surface area contributed by atoms with Gasteiger partial charge in [0.05, 0.1) is 18.7 Å². The Morgan fingerprint density at radius 1 is 1.29 bits per heavy atom. The molecule has 1 aromatic rings. The molecule has 1 unspecified atom stereocenters. The Bertz CT molecular complexity index is 583. The molecule has 1 atom stereocenters. The maximum atomic E-state index is 12.1. The van der Waals surface area contributed by atoms with E-state index < -0.39 is 23.7 Å². The van der Waals surface area contributed by atoms with Gasteiger partial charge in [0, 0.05) is 6.42 Å². The van der Waals surface area contributed by atoms with Crippen molar-refractivity contribution in [1.29, 1.82) is 0 Å². The maximum Gasteiger partial charge on any atom is 0.408 e. The number of hydrogen-bond acceptors (Lipinski definition) is 5. The molecule has 0 fully saturated rings. The molecule has 0 saturated carbocycles. The SMILES string of the molecule is CCOC(=O)C(Cc1ccc(OC)c(Cl)c1)NC(=O)OC(C)(C)C. The van der Waals surface area contributed by atoms with Gasteiger partial charge in [0.25, 0.3) is 0 Å². The zero-order valence-electron chi connectivity index (χ0n) is 14.6. The smallest absolute Gasteiger partial charge is 0.408 e. The number of methoxy groups -OCH3 is 1. The number of esters is 1. The normalized spacial score (nSPS) is 12.2. The lowest BCUT2D eigenvalue weighted by molar-refractivity contribution is -0.145. The summed E-state index contributed by atoms with van der Waals surface area (Å²) < 4.78 is 15.3. The summed E-state index contributed by atoms with van der Waals surface area (Å²) in [4.78, 5) is 24.1. The van der Waals surface area contributed by atoms with Crippen LogP contribution in [-0.2, 0) is 20.7 Å². The topological polar surface area (TPSA) is 73.9 Å². The predicted octanol–water partition coefficient (Wildman–Crippen LogP) is 3.35. The van der Waals surface area contributed by atoms with Gasteiger partial charge in [-0.25, -0.2) is 9.59 Å². The summed E-state index contributed by atoms with van der Waals surface area (Å²) in [7, 11) is 1.52. The fourth-order valence-corrected chi connectivity index (χ4v) is 2.24. The van der Waals surface area contributed by atoms with Crippen molar-refractivity contribution in [1.82, 2.24) is 5.32 Å². The van der Waals surface area contributed by atoms with E-state index in [2.05, 4.69) is 5.32 Å². The molecule has 0 aliphatic rings. The number of nitrogens with one attached hydrogen (secondary N) is 1. The van der Waals surface area contributed by atoms with E-state index in [-0.39, 0.29) is 13.0 Å². The molecule has 7 heteroatoms. The van der Waals surface area contributed by atoms with Crippen LogP contribution in [0.2, 0.25) is 5.02 Å². The lowest BCUT2D eigenvalue weighted by Gasteiger charge is -2.23. The van der Waals surface area contributed by atoms with Gasteiger partial charge in [0.15, 0.2) is 0 Å². The van der Waals surface area contributed by atoms with Crippen LogP contribution in [0.5, 0.6) is 5.75 Å². The second-order valence-electron chi connectivity index (χ2n) is 6.12. The molecule has 0 radical (unpaired) electrons. The lowest BCUT2D eigenvalue weighted by atomic mass is 10.1. The van der Waals surface area contributed by atoms with Gasteiger partial charge in [-0.15, -0.1) is 0 Å². The van der Waals surface area contributed by atoms with Crippen LogP contribution in [0.1, 0.15) is 33.3 Å². The molecular weight excluding hydrogens is 334 g/mol. The molecule has 0 saturated heterocycles. The van der Waals surface area contributed by atoms with Gasteiger partial charge in [-0.2, -0.15) is 0 Å². The number of ether oxygens (including phenoxy) is 3. The first-order valence-electron chi connectivity index (χ1n) is 7.64. The number of benzene rings is 1. The summed E-state index contributed by atoms with van der Waals surface area (Å²) in [6.45, 7) is 7.15. The van der Waals surface area contributed by atoms with Crippen molar-refractivity contribution in [2.75, 3.05) is 13.7 Å². The first-order chi connectivity index (χ1) is 11.2. The Kier molecular flexibility index (Phi) is 7.35. The van der Waals surface area contributed by atoms with Gasteiger partial charge in [-0.3, -0.25) is 0 Å². The first kappa shape index (κ1) is 20.1. The molecule has 0 bridgehead atoms. The summed E-state index contributed by atoms with van der Waals surface area (Å²) >= 11 is 6.09. The fraction of sp³-hybridized carbons (Fsp3) is 0.529. The van der Waals surface area contributed by atoms with Crippen LogP contribution < -0.4 is 10.1 Å². The highest BCUT2D eigenvalue weighted by Crippen LogP contribution is 2.25. The third kappa shape index (κ3) is 6.66. The molecule has 134 valence electrons. The van der Waals surface area contributed by atoms with Gasteiger partial charge < -0.3 is 19.5 Å². The van der Waals surface area contributed by atoms with Crippen molar-refractivity contribution >= 4 is 23.7 Å². The molecule has 1 N–H and O–H groups in total. The zero-order valence-corrected chi connectivity index (χ0v) is 15.4. The van der Waals surface area contributed by atoms with Crippen LogP contribution in [0.15, 0.2) is 18.2 Å². The molecule has 24 heavy (non-hydrogen) atoms. The molecule has 1 amide bonds. The highest BCUT2D eigenvalue weighted by atomic mass is 35.5. The number of carbonyl (C=O) groups is 2. The fourth-order valence-electron chi connectivity index (χ4n) is 1.96. The number of alkyl carbamates (subject to hydrolysis) is 1. The van der Waals surface area contributed by atoms with Crippen molar-refractivity contribution in [2.24, 2.45) is 0 Å². The molecular formula is C17H24ClNO5. The van der Waals surface area contributed by atoms with E-state index in [1.165, 1.54) is 7.11 Å². The van der Waals surface area contributed by atoms with Crippen molar-refractivity contribution in [3.63, 3.8) is 0 Å². The average Bonchev–Trinajstić information content (AvgIpc) is 2.45. The molecule has 0 aromatic heterocycles.